The average Bonchev–Trinajstić information content (AvgIpc) is 2.48. The van der Waals surface area contributed by atoms with Crippen LogP contribution in [0.3, 0.4) is 0 Å². The molecule has 0 saturated heterocycles. The van der Waals surface area contributed by atoms with Crippen LogP contribution < -0.4 is 5.32 Å². The first-order chi connectivity index (χ1) is 9.20. The van der Waals surface area contributed by atoms with Gasteiger partial charge in [-0.15, -0.1) is 11.8 Å². The van der Waals surface area contributed by atoms with E-state index in [0.717, 1.165) is 0 Å². The summed E-state index contributed by atoms with van der Waals surface area (Å²) in [5.41, 5.74) is 2.71. The zero-order chi connectivity index (χ0) is 13.7. The molecule has 1 nitrogen and oxygen atoms in total. The third kappa shape index (κ3) is 3.85. The van der Waals surface area contributed by atoms with E-state index in [9.17, 15) is 0 Å². The van der Waals surface area contributed by atoms with Crippen LogP contribution in [0.25, 0.3) is 0 Å². The molecule has 19 heavy (non-hydrogen) atoms. The lowest BCUT2D eigenvalue weighted by Gasteiger charge is -2.14. The molecule has 2 atom stereocenters. The molecule has 1 N–H and O–H groups in total. The van der Waals surface area contributed by atoms with E-state index in [-0.39, 0.29) is 0 Å². The summed E-state index contributed by atoms with van der Waals surface area (Å²) in [6.45, 7) is 4.43. The number of rotatable bonds is 5. The van der Waals surface area contributed by atoms with E-state index in [2.05, 4.69) is 73.8 Å². The Morgan fingerprint density at radius 2 is 1.47 bits per heavy atom. The molecule has 2 rings (SSSR count). The summed E-state index contributed by atoms with van der Waals surface area (Å²) in [4.78, 5) is 1.32. The highest BCUT2D eigenvalue weighted by molar-refractivity contribution is 7.99. The average molecular weight is 271 g/mol. The molecule has 2 unspecified atom stereocenters. The zero-order valence-electron chi connectivity index (χ0n) is 11.8. The van der Waals surface area contributed by atoms with Crippen molar-refractivity contribution in [2.45, 2.75) is 30.0 Å². The van der Waals surface area contributed by atoms with Crippen LogP contribution in [0.5, 0.6) is 0 Å². The van der Waals surface area contributed by atoms with Crippen LogP contribution in [0.4, 0.5) is 0 Å². The molecule has 0 saturated carbocycles. The molecular formula is C17H21NS. The molecule has 0 aliphatic heterocycles. The van der Waals surface area contributed by atoms with Crippen molar-refractivity contribution in [2.75, 3.05) is 7.05 Å². The molecule has 0 fully saturated rings. The van der Waals surface area contributed by atoms with E-state index in [4.69, 9.17) is 0 Å². The lowest BCUT2D eigenvalue weighted by atomic mass is 10.1. The van der Waals surface area contributed by atoms with Crippen molar-refractivity contribution in [3.8, 4) is 0 Å². The molecule has 2 heteroatoms. The minimum Gasteiger partial charge on any atom is -0.313 e. The minimum atomic E-state index is 0.408. The molecule has 0 amide bonds. The van der Waals surface area contributed by atoms with E-state index in [0.29, 0.717) is 11.3 Å². The SMILES string of the molecule is CNC(C)c1ccc(SC(C)c2ccccc2)cc1. The normalized spacial score (nSPS) is 14.1. The van der Waals surface area contributed by atoms with Crippen molar-refractivity contribution < 1.29 is 0 Å². The zero-order valence-corrected chi connectivity index (χ0v) is 12.6. The first-order valence-corrected chi connectivity index (χ1v) is 7.57. The molecule has 0 aliphatic rings. The van der Waals surface area contributed by atoms with E-state index in [1.165, 1.54) is 16.0 Å². The van der Waals surface area contributed by atoms with Crippen molar-refractivity contribution >= 4 is 11.8 Å². The van der Waals surface area contributed by atoms with Gasteiger partial charge in [0.05, 0.1) is 0 Å². The number of benzene rings is 2. The first kappa shape index (κ1) is 14.2. The van der Waals surface area contributed by atoms with Gasteiger partial charge in [0.15, 0.2) is 0 Å². The number of nitrogens with one attached hydrogen (secondary N) is 1. The maximum atomic E-state index is 3.26. The second kappa shape index (κ2) is 6.78. The van der Waals surface area contributed by atoms with Gasteiger partial charge in [-0.2, -0.15) is 0 Å². The standard InChI is InChI=1S/C17H21NS/c1-13(18-3)15-9-11-17(12-10-15)19-14(2)16-7-5-4-6-8-16/h4-14,18H,1-3H3. The van der Waals surface area contributed by atoms with Crippen molar-refractivity contribution in [3.05, 3.63) is 65.7 Å². The molecule has 2 aromatic carbocycles. The molecule has 0 heterocycles. The van der Waals surface area contributed by atoms with E-state index < -0.39 is 0 Å². The van der Waals surface area contributed by atoms with E-state index >= 15 is 0 Å². The summed E-state index contributed by atoms with van der Waals surface area (Å²) in [6.07, 6.45) is 0. The lowest BCUT2D eigenvalue weighted by Crippen LogP contribution is -2.11. The van der Waals surface area contributed by atoms with Gasteiger partial charge < -0.3 is 5.32 Å². The third-order valence-corrected chi connectivity index (χ3v) is 4.57. The monoisotopic (exact) mass is 271 g/mol. The van der Waals surface area contributed by atoms with Gasteiger partial charge in [-0.05, 0) is 44.2 Å². The first-order valence-electron chi connectivity index (χ1n) is 6.69. The van der Waals surface area contributed by atoms with Crippen LogP contribution in [-0.4, -0.2) is 7.05 Å². The molecule has 0 aromatic heterocycles. The Kier molecular flexibility index (Phi) is 5.06. The quantitative estimate of drug-likeness (QED) is 0.782. The fourth-order valence-electron chi connectivity index (χ4n) is 2.00. The van der Waals surface area contributed by atoms with Crippen molar-refractivity contribution in [1.82, 2.24) is 5.32 Å². The van der Waals surface area contributed by atoms with Gasteiger partial charge in [-0.25, -0.2) is 0 Å². The Bertz CT molecular complexity index is 492. The summed E-state index contributed by atoms with van der Waals surface area (Å²) in [5, 5.41) is 3.74. The van der Waals surface area contributed by atoms with Gasteiger partial charge >= 0.3 is 0 Å². The molecule has 0 spiro atoms. The van der Waals surface area contributed by atoms with Gasteiger partial charge in [-0.1, -0.05) is 42.5 Å². The smallest absolute Gasteiger partial charge is 0.0316 e. The fourth-order valence-corrected chi connectivity index (χ4v) is 2.99. The fraction of sp³-hybridized carbons (Fsp3) is 0.294. The summed E-state index contributed by atoms with van der Waals surface area (Å²) in [7, 11) is 1.99. The molecular weight excluding hydrogens is 250 g/mol. The highest BCUT2D eigenvalue weighted by Gasteiger charge is 2.07. The van der Waals surface area contributed by atoms with Crippen molar-refractivity contribution in [3.63, 3.8) is 0 Å². The molecule has 0 aliphatic carbocycles. The van der Waals surface area contributed by atoms with Crippen LogP contribution >= 0.6 is 11.8 Å². The summed E-state index contributed by atoms with van der Waals surface area (Å²) in [5.74, 6) is 0. The summed E-state index contributed by atoms with van der Waals surface area (Å²) >= 11 is 1.90. The number of hydrogen-bond acceptors (Lipinski definition) is 2. The molecule has 0 radical (unpaired) electrons. The highest BCUT2D eigenvalue weighted by atomic mass is 32.2. The minimum absolute atomic E-state index is 0.408. The molecule has 2 aromatic rings. The Labute approximate surface area is 120 Å². The number of hydrogen-bond donors (Lipinski definition) is 1. The predicted octanol–water partition coefficient (Wildman–Crippen LogP) is 4.82. The molecule has 0 bridgehead atoms. The van der Waals surface area contributed by atoms with Crippen LogP contribution in [-0.2, 0) is 0 Å². The van der Waals surface area contributed by atoms with Crippen molar-refractivity contribution in [1.29, 1.82) is 0 Å². The van der Waals surface area contributed by atoms with E-state index in [1.807, 2.05) is 18.8 Å². The second-order valence-corrected chi connectivity index (χ2v) is 6.16. The Morgan fingerprint density at radius 1 is 0.842 bits per heavy atom. The van der Waals surface area contributed by atoms with Crippen LogP contribution in [0.1, 0.15) is 36.3 Å². The Morgan fingerprint density at radius 3 is 2.05 bits per heavy atom. The van der Waals surface area contributed by atoms with E-state index in [1.54, 1.807) is 0 Å². The van der Waals surface area contributed by atoms with Crippen molar-refractivity contribution in [2.24, 2.45) is 0 Å². The van der Waals surface area contributed by atoms with Gasteiger partial charge in [0, 0.05) is 16.2 Å². The van der Waals surface area contributed by atoms with Crippen LogP contribution in [0.2, 0.25) is 0 Å². The molecule has 100 valence electrons. The van der Waals surface area contributed by atoms with Crippen LogP contribution in [0.15, 0.2) is 59.5 Å². The third-order valence-electron chi connectivity index (χ3n) is 3.39. The van der Waals surface area contributed by atoms with Gasteiger partial charge in [-0.3, -0.25) is 0 Å². The van der Waals surface area contributed by atoms with Crippen LogP contribution in [0, 0.1) is 0 Å². The maximum absolute atomic E-state index is 3.26. The maximum Gasteiger partial charge on any atom is 0.0316 e. The predicted molar refractivity (Wildman–Crippen MR) is 84.6 cm³/mol. The summed E-state index contributed by atoms with van der Waals surface area (Å²) in [6, 6.07) is 19.9. The second-order valence-electron chi connectivity index (χ2n) is 4.75. The number of thioether (sulfide) groups is 1. The largest absolute Gasteiger partial charge is 0.313 e. The van der Waals surface area contributed by atoms with Gasteiger partial charge in [0.1, 0.15) is 0 Å². The highest BCUT2D eigenvalue weighted by Crippen LogP contribution is 2.34. The lowest BCUT2D eigenvalue weighted by molar-refractivity contribution is 0.652. The Hall–Kier alpha value is -1.25. The topological polar surface area (TPSA) is 12.0 Å². The Balaban J connectivity index is 2.04. The van der Waals surface area contributed by atoms with Gasteiger partial charge in [0.2, 0.25) is 0 Å². The summed E-state index contributed by atoms with van der Waals surface area (Å²) < 4.78 is 0. The van der Waals surface area contributed by atoms with Gasteiger partial charge in [0.25, 0.3) is 0 Å².